The van der Waals surface area contributed by atoms with Crippen molar-refractivity contribution >= 4 is 18.1 Å². The molecule has 122 valence electrons. The van der Waals surface area contributed by atoms with Gasteiger partial charge in [0.05, 0.1) is 6.54 Å². The monoisotopic (exact) mass is 314 g/mol. The van der Waals surface area contributed by atoms with Crippen LogP contribution < -0.4 is 14.5 Å². The van der Waals surface area contributed by atoms with Gasteiger partial charge in [0.25, 0.3) is 0 Å². The molecule has 0 saturated carbocycles. The van der Waals surface area contributed by atoms with Crippen molar-refractivity contribution < 1.29 is 4.74 Å². The molecule has 0 fully saturated rings. The van der Waals surface area contributed by atoms with E-state index < -0.39 is 0 Å². The molecule has 0 unspecified atom stereocenters. The topological polar surface area (TPSA) is 66.7 Å². The second-order valence-corrected chi connectivity index (χ2v) is 5.30. The van der Waals surface area contributed by atoms with E-state index in [1.807, 2.05) is 74.5 Å². The van der Waals surface area contributed by atoms with Gasteiger partial charge in [-0.05, 0) is 5.56 Å². The van der Waals surface area contributed by atoms with Crippen LogP contribution in [-0.2, 0) is 0 Å². The van der Waals surface area contributed by atoms with Crippen molar-refractivity contribution in [3.05, 3.63) is 35.9 Å². The molecule has 7 heteroatoms. The lowest BCUT2D eigenvalue weighted by molar-refractivity contribution is 0.302. The van der Waals surface area contributed by atoms with E-state index in [1.54, 1.807) is 0 Å². The van der Waals surface area contributed by atoms with Crippen molar-refractivity contribution in [3.63, 3.8) is 0 Å². The number of rotatable bonds is 7. The molecule has 0 radical (unpaired) electrons. The van der Waals surface area contributed by atoms with Gasteiger partial charge < -0.3 is 14.5 Å². The summed E-state index contributed by atoms with van der Waals surface area (Å²) in [5, 5.41) is 0. The van der Waals surface area contributed by atoms with Gasteiger partial charge in [-0.15, -0.1) is 0 Å². The molecule has 0 aliphatic heterocycles. The number of aromatic nitrogens is 3. The van der Waals surface area contributed by atoms with Gasteiger partial charge in [-0.25, -0.2) is 0 Å². The maximum absolute atomic E-state index is 5.60. The minimum atomic E-state index is 0.308. The zero-order valence-corrected chi connectivity index (χ0v) is 14.0. The first-order chi connectivity index (χ1) is 11.1. The molecule has 7 nitrogen and oxygen atoms in total. The number of nitrogens with zero attached hydrogens (tertiary/aromatic N) is 6. The molecule has 0 aliphatic rings. The highest BCUT2D eigenvalue weighted by atomic mass is 16.5. The highest BCUT2D eigenvalue weighted by Gasteiger charge is 2.10. The molecule has 1 aromatic carbocycles. The van der Waals surface area contributed by atoms with Crippen LogP contribution in [0.2, 0.25) is 0 Å². The SMILES string of the molecule is CN(C)c1nc(OCCN=Cc2ccccc2)nc(N(C)C)n1. The Morgan fingerprint density at radius 3 is 2.13 bits per heavy atom. The number of benzene rings is 1. The first-order valence-electron chi connectivity index (χ1n) is 7.34. The van der Waals surface area contributed by atoms with Crippen LogP contribution >= 0.6 is 0 Å². The van der Waals surface area contributed by atoms with Gasteiger partial charge in [0, 0.05) is 34.4 Å². The summed E-state index contributed by atoms with van der Waals surface area (Å²) in [6.45, 7) is 0.947. The standard InChI is InChI=1S/C16H22N6O/c1-21(2)14-18-15(22(3)4)20-16(19-14)23-11-10-17-12-13-8-6-5-7-9-13/h5-9,12H,10-11H2,1-4H3. The van der Waals surface area contributed by atoms with Crippen LogP contribution in [0.25, 0.3) is 0 Å². The molecule has 0 bridgehead atoms. The van der Waals surface area contributed by atoms with Crippen molar-refractivity contribution in [1.29, 1.82) is 0 Å². The summed E-state index contributed by atoms with van der Waals surface area (Å²) in [6, 6.07) is 10.3. The molecule has 1 aromatic heterocycles. The van der Waals surface area contributed by atoms with E-state index in [0.717, 1.165) is 5.56 Å². The van der Waals surface area contributed by atoms with Crippen LogP contribution in [0.15, 0.2) is 35.3 Å². The number of hydrogen-bond acceptors (Lipinski definition) is 7. The van der Waals surface area contributed by atoms with Gasteiger partial charge in [-0.2, -0.15) is 15.0 Å². The third-order valence-electron chi connectivity index (χ3n) is 2.88. The van der Waals surface area contributed by atoms with Gasteiger partial charge in [-0.3, -0.25) is 4.99 Å². The van der Waals surface area contributed by atoms with Crippen molar-refractivity contribution in [2.75, 3.05) is 51.1 Å². The molecule has 23 heavy (non-hydrogen) atoms. The Hall–Kier alpha value is -2.70. The van der Waals surface area contributed by atoms with Crippen LogP contribution in [-0.4, -0.2) is 62.5 Å². The summed E-state index contributed by atoms with van der Waals surface area (Å²) in [5.41, 5.74) is 1.07. The molecule has 2 aromatic rings. The maximum Gasteiger partial charge on any atom is 0.323 e. The molecular formula is C16H22N6O. The van der Waals surface area contributed by atoms with E-state index >= 15 is 0 Å². The predicted octanol–water partition coefficient (Wildman–Crippen LogP) is 1.50. The summed E-state index contributed by atoms with van der Waals surface area (Å²) >= 11 is 0. The molecule has 0 aliphatic carbocycles. The van der Waals surface area contributed by atoms with Gasteiger partial charge >= 0.3 is 6.01 Å². The van der Waals surface area contributed by atoms with Gasteiger partial charge in [0.2, 0.25) is 11.9 Å². The Morgan fingerprint density at radius 2 is 1.57 bits per heavy atom. The average molecular weight is 314 g/mol. The largest absolute Gasteiger partial charge is 0.461 e. The Balaban J connectivity index is 1.93. The molecule has 0 N–H and O–H groups in total. The number of hydrogen-bond donors (Lipinski definition) is 0. The van der Waals surface area contributed by atoms with Crippen LogP contribution in [0.3, 0.4) is 0 Å². The third kappa shape index (κ3) is 5.21. The first-order valence-corrected chi connectivity index (χ1v) is 7.34. The number of ether oxygens (including phenoxy) is 1. The zero-order valence-electron chi connectivity index (χ0n) is 14.0. The highest BCUT2D eigenvalue weighted by Crippen LogP contribution is 2.14. The fourth-order valence-corrected chi connectivity index (χ4v) is 1.70. The second-order valence-electron chi connectivity index (χ2n) is 5.30. The lowest BCUT2D eigenvalue weighted by Crippen LogP contribution is -2.19. The van der Waals surface area contributed by atoms with E-state index in [4.69, 9.17) is 4.74 Å². The molecular weight excluding hydrogens is 292 g/mol. The quantitative estimate of drug-likeness (QED) is 0.570. The summed E-state index contributed by atoms with van der Waals surface area (Å²) in [6.07, 6.45) is 1.83. The minimum Gasteiger partial charge on any atom is -0.461 e. The second kappa shape index (κ2) is 8.07. The minimum absolute atomic E-state index is 0.308. The summed E-state index contributed by atoms with van der Waals surface area (Å²) in [7, 11) is 7.51. The molecule has 1 heterocycles. The fraction of sp³-hybridized carbons (Fsp3) is 0.375. The lowest BCUT2D eigenvalue weighted by Gasteiger charge is -2.15. The van der Waals surface area contributed by atoms with E-state index in [1.165, 1.54) is 0 Å². The maximum atomic E-state index is 5.60. The van der Waals surface area contributed by atoms with Gasteiger partial charge in [0.1, 0.15) is 6.61 Å². The predicted molar refractivity (Wildman–Crippen MR) is 92.9 cm³/mol. The Kier molecular flexibility index (Phi) is 5.85. The van der Waals surface area contributed by atoms with E-state index in [0.29, 0.717) is 31.1 Å². The van der Waals surface area contributed by atoms with E-state index in [2.05, 4.69) is 19.9 Å². The number of aliphatic imine (C=N–C) groups is 1. The zero-order chi connectivity index (χ0) is 16.7. The van der Waals surface area contributed by atoms with Gasteiger partial charge in [-0.1, -0.05) is 30.3 Å². The Bertz CT molecular complexity index is 616. The van der Waals surface area contributed by atoms with Crippen LogP contribution in [0, 0.1) is 0 Å². The molecule has 2 rings (SSSR count). The third-order valence-corrected chi connectivity index (χ3v) is 2.88. The molecule has 0 atom stereocenters. The highest BCUT2D eigenvalue weighted by molar-refractivity contribution is 5.79. The van der Waals surface area contributed by atoms with Crippen LogP contribution in [0.5, 0.6) is 6.01 Å². The van der Waals surface area contributed by atoms with Crippen molar-refractivity contribution in [1.82, 2.24) is 15.0 Å². The van der Waals surface area contributed by atoms with Crippen molar-refractivity contribution in [2.24, 2.45) is 4.99 Å². The molecule has 0 saturated heterocycles. The smallest absolute Gasteiger partial charge is 0.323 e. The summed E-state index contributed by atoms with van der Waals surface area (Å²) in [5.74, 6) is 1.12. The van der Waals surface area contributed by atoms with Crippen molar-refractivity contribution in [3.8, 4) is 6.01 Å². The lowest BCUT2D eigenvalue weighted by atomic mass is 10.2. The van der Waals surface area contributed by atoms with Crippen molar-refractivity contribution in [2.45, 2.75) is 0 Å². The van der Waals surface area contributed by atoms with Crippen LogP contribution in [0.4, 0.5) is 11.9 Å². The van der Waals surface area contributed by atoms with E-state index in [-0.39, 0.29) is 0 Å². The fourth-order valence-electron chi connectivity index (χ4n) is 1.70. The molecule has 0 spiro atoms. The average Bonchev–Trinajstić information content (AvgIpc) is 2.55. The van der Waals surface area contributed by atoms with Crippen LogP contribution in [0.1, 0.15) is 5.56 Å². The molecule has 0 amide bonds. The Labute approximate surface area is 136 Å². The summed E-state index contributed by atoms with van der Waals surface area (Å²) < 4.78 is 5.60. The normalized spacial score (nSPS) is 10.8. The number of anilines is 2. The van der Waals surface area contributed by atoms with Gasteiger partial charge in [0.15, 0.2) is 0 Å². The summed E-state index contributed by atoms with van der Waals surface area (Å²) in [4.78, 5) is 20.8. The van der Waals surface area contributed by atoms with E-state index in [9.17, 15) is 0 Å². The Morgan fingerprint density at radius 1 is 0.957 bits per heavy atom. The first kappa shape index (κ1) is 16.7.